The van der Waals surface area contributed by atoms with Gasteiger partial charge in [0.15, 0.2) is 0 Å². The van der Waals surface area contributed by atoms with Crippen LogP contribution >= 0.6 is 11.8 Å². The standard InChI is InChI=1S/C13H12N2OS/c14-9-6-7-11(13(15)16)12(8-9)17-10-4-2-1-3-5-10/h1-8H,14H2,(H2,15,16). The Morgan fingerprint density at radius 2 is 1.76 bits per heavy atom. The van der Waals surface area contributed by atoms with Crippen molar-refractivity contribution in [2.75, 3.05) is 5.73 Å². The van der Waals surface area contributed by atoms with E-state index < -0.39 is 5.91 Å². The van der Waals surface area contributed by atoms with Crippen LogP contribution in [0.25, 0.3) is 0 Å². The number of nitrogen functional groups attached to an aromatic ring is 1. The van der Waals surface area contributed by atoms with E-state index in [9.17, 15) is 4.79 Å². The lowest BCUT2D eigenvalue weighted by Crippen LogP contribution is -2.12. The molecule has 0 aromatic heterocycles. The van der Waals surface area contributed by atoms with E-state index >= 15 is 0 Å². The van der Waals surface area contributed by atoms with Crippen molar-refractivity contribution < 1.29 is 4.79 Å². The molecule has 1 amide bonds. The molecule has 2 rings (SSSR count). The molecule has 0 aliphatic heterocycles. The maximum atomic E-state index is 11.3. The van der Waals surface area contributed by atoms with E-state index in [1.807, 2.05) is 30.3 Å². The van der Waals surface area contributed by atoms with Crippen LogP contribution in [0.5, 0.6) is 0 Å². The van der Waals surface area contributed by atoms with E-state index in [1.54, 1.807) is 18.2 Å². The van der Waals surface area contributed by atoms with Crippen LogP contribution in [0.4, 0.5) is 5.69 Å². The molecule has 0 saturated heterocycles. The second kappa shape index (κ2) is 4.93. The third-order valence-electron chi connectivity index (χ3n) is 2.24. The summed E-state index contributed by atoms with van der Waals surface area (Å²) in [5.41, 5.74) is 12.2. The first-order valence-corrected chi connectivity index (χ1v) is 5.90. The summed E-state index contributed by atoms with van der Waals surface area (Å²) in [5, 5.41) is 0. The molecular weight excluding hydrogens is 232 g/mol. The number of primary amides is 1. The number of rotatable bonds is 3. The molecule has 2 aromatic rings. The summed E-state index contributed by atoms with van der Waals surface area (Å²) in [6, 6.07) is 14.9. The first-order chi connectivity index (χ1) is 8.16. The van der Waals surface area contributed by atoms with Gasteiger partial charge in [0.1, 0.15) is 0 Å². The lowest BCUT2D eigenvalue weighted by Gasteiger charge is -2.07. The Balaban J connectivity index is 2.37. The zero-order valence-electron chi connectivity index (χ0n) is 9.09. The Bertz CT molecular complexity index is 540. The molecule has 0 bridgehead atoms. The topological polar surface area (TPSA) is 69.1 Å². The zero-order chi connectivity index (χ0) is 12.3. The molecule has 0 aliphatic rings. The quantitative estimate of drug-likeness (QED) is 0.815. The Morgan fingerprint density at radius 3 is 2.41 bits per heavy atom. The highest BCUT2D eigenvalue weighted by molar-refractivity contribution is 7.99. The Morgan fingerprint density at radius 1 is 1.06 bits per heavy atom. The molecule has 4 N–H and O–H groups in total. The van der Waals surface area contributed by atoms with E-state index in [4.69, 9.17) is 11.5 Å². The number of carbonyl (C=O) groups is 1. The minimum absolute atomic E-state index is 0.441. The van der Waals surface area contributed by atoms with Crippen molar-refractivity contribution in [1.82, 2.24) is 0 Å². The number of nitrogens with two attached hydrogens (primary N) is 2. The van der Waals surface area contributed by atoms with E-state index in [-0.39, 0.29) is 0 Å². The van der Waals surface area contributed by atoms with Crippen LogP contribution in [0.1, 0.15) is 10.4 Å². The predicted octanol–water partition coefficient (Wildman–Crippen LogP) is 2.52. The van der Waals surface area contributed by atoms with Crippen LogP contribution in [0.2, 0.25) is 0 Å². The number of anilines is 1. The van der Waals surface area contributed by atoms with E-state index in [0.29, 0.717) is 11.3 Å². The summed E-state index contributed by atoms with van der Waals surface area (Å²) in [6.45, 7) is 0. The molecule has 0 saturated carbocycles. The van der Waals surface area contributed by atoms with Crippen LogP contribution in [0, 0.1) is 0 Å². The molecule has 2 aromatic carbocycles. The number of hydrogen-bond donors (Lipinski definition) is 2. The Kier molecular flexibility index (Phi) is 3.35. The van der Waals surface area contributed by atoms with Gasteiger partial charge < -0.3 is 11.5 Å². The molecule has 0 heterocycles. The van der Waals surface area contributed by atoms with Crippen molar-refractivity contribution in [3.63, 3.8) is 0 Å². The van der Waals surface area contributed by atoms with Crippen LogP contribution in [0.15, 0.2) is 58.3 Å². The zero-order valence-corrected chi connectivity index (χ0v) is 9.91. The first kappa shape index (κ1) is 11.5. The van der Waals surface area contributed by atoms with Crippen molar-refractivity contribution >= 4 is 23.4 Å². The first-order valence-electron chi connectivity index (χ1n) is 5.09. The third kappa shape index (κ3) is 2.79. The summed E-state index contributed by atoms with van der Waals surface area (Å²) in [4.78, 5) is 13.1. The maximum Gasteiger partial charge on any atom is 0.249 e. The number of hydrogen-bond acceptors (Lipinski definition) is 3. The molecule has 0 aliphatic carbocycles. The van der Waals surface area contributed by atoms with Crippen LogP contribution in [-0.2, 0) is 0 Å². The molecule has 86 valence electrons. The van der Waals surface area contributed by atoms with Crippen molar-refractivity contribution in [2.45, 2.75) is 9.79 Å². The van der Waals surface area contributed by atoms with Gasteiger partial charge in [-0.3, -0.25) is 4.79 Å². The second-order valence-electron chi connectivity index (χ2n) is 3.53. The summed E-state index contributed by atoms with van der Waals surface area (Å²) in [5.74, 6) is -0.441. The highest BCUT2D eigenvalue weighted by Gasteiger charge is 2.09. The normalized spacial score (nSPS) is 10.1. The summed E-state index contributed by atoms with van der Waals surface area (Å²) in [7, 11) is 0. The van der Waals surface area contributed by atoms with Crippen molar-refractivity contribution in [2.24, 2.45) is 5.73 Å². The average molecular weight is 244 g/mol. The van der Waals surface area contributed by atoms with Gasteiger partial charge in [-0.2, -0.15) is 0 Å². The van der Waals surface area contributed by atoms with Crippen LogP contribution in [-0.4, -0.2) is 5.91 Å². The highest BCUT2D eigenvalue weighted by Crippen LogP contribution is 2.31. The fourth-order valence-corrected chi connectivity index (χ4v) is 2.46. The van der Waals surface area contributed by atoms with Crippen molar-refractivity contribution in [1.29, 1.82) is 0 Å². The smallest absolute Gasteiger partial charge is 0.249 e. The van der Waals surface area contributed by atoms with Gasteiger partial charge in [0.2, 0.25) is 5.91 Å². The van der Waals surface area contributed by atoms with Gasteiger partial charge >= 0.3 is 0 Å². The van der Waals surface area contributed by atoms with Gasteiger partial charge in [-0.1, -0.05) is 30.0 Å². The monoisotopic (exact) mass is 244 g/mol. The predicted molar refractivity (Wildman–Crippen MR) is 69.9 cm³/mol. The molecule has 0 atom stereocenters. The van der Waals surface area contributed by atoms with E-state index in [1.165, 1.54) is 11.8 Å². The minimum atomic E-state index is -0.441. The average Bonchev–Trinajstić information content (AvgIpc) is 2.30. The maximum absolute atomic E-state index is 11.3. The van der Waals surface area contributed by atoms with Crippen LogP contribution in [0.3, 0.4) is 0 Å². The molecule has 3 nitrogen and oxygen atoms in total. The highest BCUT2D eigenvalue weighted by atomic mass is 32.2. The molecule has 0 spiro atoms. The number of benzene rings is 2. The number of amides is 1. The molecule has 0 unspecified atom stereocenters. The van der Waals surface area contributed by atoms with E-state index in [2.05, 4.69) is 0 Å². The number of carbonyl (C=O) groups excluding carboxylic acids is 1. The molecular formula is C13H12N2OS. The van der Waals surface area contributed by atoms with Gasteiger partial charge in [-0.25, -0.2) is 0 Å². The largest absolute Gasteiger partial charge is 0.399 e. The molecule has 17 heavy (non-hydrogen) atoms. The summed E-state index contributed by atoms with van der Waals surface area (Å²) in [6.07, 6.45) is 0. The van der Waals surface area contributed by atoms with Gasteiger partial charge in [0, 0.05) is 15.5 Å². The fraction of sp³-hybridized carbons (Fsp3) is 0. The van der Waals surface area contributed by atoms with Crippen LogP contribution < -0.4 is 11.5 Å². The van der Waals surface area contributed by atoms with Crippen molar-refractivity contribution in [3.05, 3.63) is 54.1 Å². The Labute approximate surface area is 104 Å². The summed E-state index contributed by atoms with van der Waals surface area (Å²) >= 11 is 1.48. The lowest BCUT2D eigenvalue weighted by molar-refractivity contribution is 0.0997. The van der Waals surface area contributed by atoms with Gasteiger partial charge in [-0.15, -0.1) is 0 Å². The minimum Gasteiger partial charge on any atom is -0.399 e. The third-order valence-corrected chi connectivity index (χ3v) is 3.31. The Hall–Kier alpha value is -1.94. The van der Waals surface area contributed by atoms with E-state index in [0.717, 1.165) is 9.79 Å². The molecule has 4 heteroatoms. The SMILES string of the molecule is NC(=O)c1ccc(N)cc1Sc1ccccc1. The van der Waals surface area contributed by atoms with Gasteiger partial charge in [-0.05, 0) is 30.3 Å². The van der Waals surface area contributed by atoms with Crippen molar-refractivity contribution in [3.8, 4) is 0 Å². The lowest BCUT2D eigenvalue weighted by atomic mass is 10.2. The molecule has 0 radical (unpaired) electrons. The van der Waals surface area contributed by atoms with Gasteiger partial charge in [0.25, 0.3) is 0 Å². The summed E-state index contributed by atoms with van der Waals surface area (Å²) < 4.78 is 0. The second-order valence-corrected chi connectivity index (χ2v) is 4.65. The fourth-order valence-electron chi connectivity index (χ4n) is 1.44. The van der Waals surface area contributed by atoms with Gasteiger partial charge in [0.05, 0.1) is 5.56 Å². The molecule has 0 fully saturated rings.